The van der Waals surface area contributed by atoms with Gasteiger partial charge in [-0.1, -0.05) is 12.8 Å². The smallest absolute Gasteiger partial charge is 0.270 e. The van der Waals surface area contributed by atoms with Crippen LogP contribution < -0.4 is 5.32 Å². The molecule has 0 aromatic carbocycles. The number of nitrogens with one attached hydrogen (secondary N) is 1. The van der Waals surface area contributed by atoms with Gasteiger partial charge in [-0.15, -0.1) is 0 Å². The van der Waals surface area contributed by atoms with Gasteiger partial charge in [0.2, 0.25) is 0 Å². The van der Waals surface area contributed by atoms with Crippen LogP contribution in [0.1, 0.15) is 67.7 Å². The monoisotopic (exact) mass is 289 g/mol. The van der Waals surface area contributed by atoms with E-state index in [-0.39, 0.29) is 12.5 Å². The second-order valence-corrected chi connectivity index (χ2v) is 6.59. The maximum absolute atomic E-state index is 12.4. The van der Waals surface area contributed by atoms with Gasteiger partial charge in [-0.25, -0.2) is 9.97 Å². The van der Waals surface area contributed by atoms with E-state index in [1.165, 1.54) is 12.8 Å². The Bertz CT molecular complexity index is 524. The van der Waals surface area contributed by atoms with Gasteiger partial charge in [-0.3, -0.25) is 4.79 Å². The van der Waals surface area contributed by atoms with Gasteiger partial charge >= 0.3 is 0 Å². The van der Waals surface area contributed by atoms with Crippen molar-refractivity contribution < 1.29 is 9.90 Å². The van der Waals surface area contributed by atoms with Gasteiger partial charge in [-0.2, -0.15) is 0 Å². The number of carbonyl (C=O) groups excluding carboxylic acids is 1. The van der Waals surface area contributed by atoms with Crippen LogP contribution in [0.2, 0.25) is 0 Å². The summed E-state index contributed by atoms with van der Waals surface area (Å²) in [4.78, 5) is 21.2. The van der Waals surface area contributed by atoms with Gasteiger partial charge in [0, 0.05) is 12.1 Å². The normalized spacial score (nSPS) is 22.0. The van der Waals surface area contributed by atoms with Crippen molar-refractivity contribution in [2.75, 3.05) is 6.61 Å². The Labute approximate surface area is 125 Å². The number of aliphatic hydroxyl groups is 1. The summed E-state index contributed by atoms with van der Waals surface area (Å²) >= 11 is 0. The first-order valence-corrected chi connectivity index (χ1v) is 7.89. The number of rotatable bonds is 5. The number of carbonyl (C=O) groups is 1. The molecule has 0 saturated heterocycles. The van der Waals surface area contributed by atoms with E-state index in [0.717, 1.165) is 31.5 Å². The summed E-state index contributed by atoms with van der Waals surface area (Å²) in [6, 6.07) is 1.65. The molecular formula is C16H23N3O2. The Kier molecular flexibility index (Phi) is 3.93. The first kappa shape index (κ1) is 14.4. The summed E-state index contributed by atoms with van der Waals surface area (Å²) in [7, 11) is 0. The molecule has 5 heteroatoms. The number of aromatic nitrogens is 2. The third kappa shape index (κ3) is 3.07. The highest BCUT2D eigenvalue weighted by Crippen LogP contribution is 2.39. The highest BCUT2D eigenvalue weighted by molar-refractivity contribution is 5.92. The molecule has 2 saturated carbocycles. The third-order valence-corrected chi connectivity index (χ3v) is 4.83. The molecule has 1 atom stereocenters. The maximum atomic E-state index is 12.4. The molecule has 0 spiro atoms. The maximum Gasteiger partial charge on any atom is 0.270 e. The van der Waals surface area contributed by atoms with Gasteiger partial charge in [-0.05, 0) is 44.6 Å². The van der Waals surface area contributed by atoms with Crippen molar-refractivity contribution in [2.45, 2.75) is 56.9 Å². The Morgan fingerprint density at radius 2 is 2.10 bits per heavy atom. The predicted molar refractivity (Wildman–Crippen MR) is 78.9 cm³/mol. The van der Waals surface area contributed by atoms with Gasteiger partial charge in [0.15, 0.2) is 0 Å². The van der Waals surface area contributed by atoms with Crippen molar-refractivity contribution in [3.8, 4) is 0 Å². The molecule has 1 amide bonds. The molecule has 1 aromatic rings. The molecule has 2 aliphatic carbocycles. The molecule has 5 nitrogen and oxygen atoms in total. The van der Waals surface area contributed by atoms with E-state index in [1.807, 2.05) is 6.92 Å². The molecule has 114 valence electrons. The summed E-state index contributed by atoms with van der Waals surface area (Å²) < 4.78 is 0. The minimum Gasteiger partial charge on any atom is -0.394 e. The predicted octanol–water partition coefficient (Wildman–Crippen LogP) is 2.02. The first-order chi connectivity index (χ1) is 10.1. The zero-order valence-corrected chi connectivity index (χ0v) is 12.5. The Morgan fingerprint density at radius 1 is 1.38 bits per heavy atom. The Morgan fingerprint density at radius 3 is 2.71 bits per heavy atom. The largest absolute Gasteiger partial charge is 0.394 e. The van der Waals surface area contributed by atoms with Crippen molar-refractivity contribution in [3.63, 3.8) is 0 Å². The molecule has 1 unspecified atom stereocenters. The fourth-order valence-corrected chi connectivity index (χ4v) is 3.20. The van der Waals surface area contributed by atoms with E-state index in [4.69, 9.17) is 0 Å². The van der Waals surface area contributed by atoms with Gasteiger partial charge in [0.05, 0.1) is 12.1 Å². The van der Waals surface area contributed by atoms with Crippen LogP contribution in [-0.2, 0) is 0 Å². The highest BCUT2D eigenvalue weighted by Gasteiger charge is 2.42. The van der Waals surface area contributed by atoms with Crippen LogP contribution in [-0.4, -0.2) is 33.1 Å². The first-order valence-electron chi connectivity index (χ1n) is 7.89. The zero-order valence-electron chi connectivity index (χ0n) is 12.5. The van der Waals surface area contributed by atoms with E-state index in [0.29, 0.717) is 17.5 Å². The zero-order chi connectivity index (χ0) is 14.9. The van der Waals surface area contributed by atoms with Crippen LogP contribution in [0.4, 0.5) is 0 Å². The van der Waals surface area contributed by atoms with E-state index in [9.17, 15) is 9.90 Å². The Hall–Kier alpha value is -1.49. The Balaban J connectivity index is 1.73. The lowest BCUT2D eigenvalue weighted by Gasteiger charge is -2.28. The van der Waals surface area contributed by atoms with E-state index in [2.05, 4.69) is 15.3 Å². The number of nitrogens with zero attached hydrogens (tertiary/aromatic N) is 2. The van der Waals surface area contributed by atoms with Crippen molar-refractivity contribution in [3.05, 3.63) is 23.8 Å². The average molecular weight is 289 g/mol. The highest BCUT2D eigenvalue weighted by atomic mass is 16.3. The molecule has 2 N–H and O–H groups in total. The fraction of sp³-hybridized carbons (Fsp3) is 0.688. The van der Waals surface area contributed by atoms with Crippen molar-refractivity contribution >= 4 is 5.91 Å². The molecule has 1 aromatic heterocycles. The summed E-state index contributed by atoms with van der Waals surface area (Å²) in [6.45, 7) is 1.87. The lowest BCUT2D eigenvalue weighted by atomic mass is 9.97. The van der Waals surface area contributed by atoms with E-state index in [1.54, 1.807) is 12.3 Å². The average Bonchev–Trinajstić information content (AvgIpc) is 3.23. The summed E-state index contributed by atoms with van der Waals surface area (Å²) in [5.74, 6) is 1.35. The van der Waals surface area contributed by atoms with Crippen LogP contribution in [0.15, 0.2) is 12.3 Å². The number of aliphatic hydroxyl groups excluding tert-OH is 1. The second kappa shape index (κ2) is 5.72. The van der Waals surface area contributed by atoms with Crippen molar-refractivity contribution in [1.82, 2.24) is 15.3 Å². The number of hydrogen-bond acceptors (Lipinski definition) is 4. The van der Waals surface area contributed by atoms with Crippen molar-refractivity contribution in [2.24, 2.45) is 5.92 Å². The number of hydrogen-bond donors (Lipinski definition) is 2. The molecule has 2 aliphatic rings. The lowest BCUT2D eigenvalue weighted by Crippen LogP contribution is -2.51. The number of amides is 1. The van der Waals surface area contributed by atoms with Crippen LogP contribution in [0, 0.1) is 5.92 Å². The van der Waals surface area contributed by atoms with Gasteiger partial charge in [0.25, 0.3) is 5.91 Å². The molecule has 0 bridgehead atoms. The molecule has 2 fully saturated rings. The minimum absolute atomic E-state index is 0.0377. The van der Waals surface area contributed by atoms with E-state index >= 15 is 0 Å². The third-order valence-electron chi connectivity index (χ3n) is 4.83. The van der Waals surface area contributed by atoms with E-state index < -0.39 is 5.54 Å². The summed E-state index contributed by atoms with van der Waals surface area (Å²) in [5, 5.41) is 12.5. The second-order valence-electron chi connectivity index (χ2n) is 6.59. The molecule has 21 heavy (non-hydrogen) atoms. The summed E-state index contributed by atoms with van der Waals surface area (Å²) in [5.41, 5.74) is -0.123. The minimum atomic E-state index is -0.532. The fourth-order valence-electron chi connectivity index (χ4n) is 3.20. The van der Waals surface area contributed by atoms with Gasteiger partial charge < -0.3 is 10.4 Å². The molecule has 0 radical (unpaired) electrons. The summed E-state index contributed by atoms with van der Waals surface area (Å²) in [6.07, 6.45) is 8.46. The SMILES string of the molecule is CC(CO)(NC(=O)c1ccnc(C2CCCC2)n1)C1CC1. The van der Waals surface area contributed by atoms with Crippen LogP contribution >= 0.6 is 0 Å². The van der Waals surface area contributed by atoms with Crippen LogP contribution in [0.25, 0.3) is 0 Å². The molecule has 0 aliphatic heterocycles. The van der Waals surface area contributed by atoms with Gasteiger partial charge in [0.1, 0.15) is 11.5 Å². The quantitative estimate of drug-likeness (QED) is 0.869. The van der Waals surface area contributed by atoms with Crippen LogP contribution in [0.5, 0.6) is 0 Å². The standard InChI is InChI=1S/C16H23N3O2/c1-16(10-20,12-6-7-12)19-15(21)13-8-9-17-14(18-13)11-4-2-3-5-11/h8-9,11-12,20H,2-7,10H2,1H3,(H,19,21). The van der Waals surface area contributed by atoms with Crippen LogP contribution in [0.3, 0.4) is 0 Å². The topological polar surface area (TPSA) is 75.1 Å². The van der Waals surface area contributed by atoms with Crippen molar-refractivity contribution in [1.29, 1.82) is 0 Å². The molecular weight excluding hydrogens is 266 g/mol. The molecule has 3 rings (SSSR count). The molecule has 1 heterocycles. The lowest BCUT2D eigenvalue weighted by molar-refractivity contribution is 0.0819.